The largest absolute Gasteiger partial charge is 0.247 e. The predicted molar refractivity (Wildman–Crippen MR) is 76.0 cm³/mol. The first-order valence-electron chi connectivity index (χ1n) is 7.19. The van der Waals surface area contributed by atoms with E-state index < -0.39 is 6.17 Å². The SMILES string of the molecule is CCC(C)/C=C\CC(CC)C(F)C(C)(C)CC. The summed E-state index contributed by atoms with van der Waals surface area (Å²) < 4.78 is 14.4. The van der Waals surface area contributed by atoms with Gasteiger partial charge >= 0.3 is 0 Å². The number of alkyl halides is 1. The van der Waals surface area contributed by atoms with E-state index in [1.54, 1.807) is 0 Å². The molecule has 0 radical (unpaired) electrons. The molecule has 3 unspecified atom stereocenters. The van der Waals surface area contributed by atoms with Gasteiger partial charge in [0.1, 0.15) is 6.17 Å². The van der Waals surface area contributed by atoms with Gasteiger partial charge in [-0.2, -0.15) is 0 Å². The van der Waals surface area contributed by atoms with Crippen LogP contribution in [0.1, 0.15) is 67.2 Å². The summed E-state index contributed by atoms with van der Waals surface area (Å²) in [4.78, 5) is 0. The first-order chi connectivity index (χ1) is 7.88. The molecule has 1 heteroatoms. The zero-order valence-corrected chi connectivity index (χ0v) is 12.6. The topological polar surface area (TPSA) is 0 Å². The molecule has 3 atom stereocenters. The molecule has 0 aliphatic heterocycles. The van der Waals surface area contributed by atoms with Crippen molar-refractivity contribution < 1.29 is 4.39 Å². The first-order valence-corrected chi connectivity index (χ1v) is 7.19. The Morgan fingerprint density at radius 1 is 1.12 bits per heavy atom. The van der Waals surface area contributed by atoms with E-state index in [9.17, 15) is 4.39 Å². The normalized spacial score (nSPS) is 18.3. The Kier molecular flexibility index (Phi) is 7.74. The van der Waals surface area contributed by atoms with Gasteiger partial charge in [0.05, 0.1) is 0 Å². The molecular formula is C16H31F. The first kappa shape index (κ1) is 16.7. The predicted octanol–water partition coefficient (Wildman–Crippen LogP) is 5.78. The summed E-state index contributed by atoms with van der Waals surface area (Å²) in [6.45, 7) is 12.6. The van der Waals surface area contributed by atoms with E-state index in [2.05, 4.69) is 39.8 Å². The minimum atomic E-state index is -0.695. The van der Waals surface area contributed by atoms with Crippen LogP contribution in [0.2, 0.25) is 0 Å². The monoisotopic (exact) mass is 242 g/mol. The summed E-state index contributed by atoms with van der Waals surface area (Å²) in [7, 11) is 0. The van der Waals surface area contributed by atoms with E-state index in [4.69, 9.17) is 0 Å². The highest BCUT2D eigenvalue weighted by Gasteiger charge is 2.32. The van der Waals surface area contributed by atoms with Gasteiger partial charge in [-0.15, -0.1) is 0 Å². The maximum atomic E-state index is 14.4. The summed E-state index contributed by atoms with van der Waals surface area (Å²) in [6.07, 6.45) is 7.58. The average Bonchev–Trinajstić information content (AvgIpc) is 2.33. The molecule has 0 amide bonds. The molecule has 0 spiro atoms. The van der Waals surface area contributed by atoms with Crippen molar-refractivity contribution in [3.8, 4) is 0 Å². The van der Waals surface area contributed by atoms with Gasteiger partial charge in [0.2, 0.25) is 0 Å². The zero-order valence-electron chi connectivity index (χ0n) is 12.6. The Balaban J connectivity index is 4.38. The smallest absolute Gasteiger partial charge is 0.108 e. The molecule has 0 saturated heterocycles. The maximum Gasteiger partial charge on any atom is 0.108 e. The van der Waals surface area contributed by atoms with Crippen molar-refractivity contribution >= 4 is 0 Å². The van der Waals surface area contributed by atoms with Crippen molar-refractivity contribution in [1.82, 2.24) is 0 Å². The summed E-state index contributed by atoms with van der Waals surface area (Å²) in [6, 6.07) is 0. The van der Waals surface area contributed by atoms with Gasteiger partial charge in [0.25, 0.3) is 0 Å². The molecule has 0 rings (SSSR count). The number of allylic oxidation sites excluding steroid dienone is 2. The van der Waals surface area contributed by atoms with Crippen LogP contribution in [0.25, 0.3) is 0 Å². The van der Waals surface area contributed by atoms with Crippen LogP contribution < -0.4 is 0 Å². The van der Waals surface area contributed by atoms with Crippen molar-refractivity contribution in [1.29, 1.82) is 0 Å². The van der Waals surface area contributed by atoms with Crippen molar-refractivity contribution in [3.05, 3.63) is 12.2 Å². The van der Waals surface area contributed by atoms with Crippen LogP contribution in [-0.4, -0.2) is 6.17 Å². The van der Waals surface area contributed by atoms with Crippen LogP contribution in [0.4, 0.5) is 4.39 Å². The second-order valence-electron chi connectivity index (χ2n) is 5.96. The van der Waals surface area contributed by atoms with Gasteiger partial charge in [0, 0.05) is 0 Å². The second kappa shape index (κ2) is 7.89. The number of hydrogen-bond acceptors (Lipinski definition) is 0. The molecule has 17 heavy (non-hydrogen) atoms. The minimum absolute atomic E-state index is 0.172. The Bertz CT molecular complexity index is 218. The lowest BCUT2D eigenvalue weighted by Gasteiger charge is -2.32. The highest BCUT2D eigenvalue weighted by molar-refractivity contribution is 4.91. The Labute approximate surface area is 108 Å². The quantitative estimate of drug-likeness (QED) is 0.473. The van der Waals surface area contributed by atoms with Crippen LogP contribution in [-0.2, 0) is 0 Å². The lowest BCUT2D eigenvalue weighted by Crippen LogP contribution is -2.31. The molecule has 0 aromatic carbocycles. The molecular weight excluding hydrogens is 211 g/mol. The van der Waals surface area contributed by atoms with Crippen LogP contribution in [0.5, 0.6) is 0 Å². The third-order valence-electron chi connectivity index (χ3n) is 4.14. The lowest BCUT2D eigenvalue weighted by molar-refractivity contribution is 0.0775. The Morgan fingerprint density at radius 2 is 1.71 bits per heavy atom. The molecule has 0 aliphatic carbocycles. The van der Waals surface area contributed by atoms with Gasteiger partial charge in [-0.05, 0) is 30.1 Å². The number of hydrogen-bond donors (Lipinski definition) is 0. The standard InChI is InChI=1S/C16H31F/c1-7-13(4)11-10-12-14(8-2)15(17)16(5,6)9-3/h10-11,13-15H,7-9,12H2,1-6H3/b11-10-. The fourth-order valence-corrected chi connectivity index (χ4v) is 1.95. The summed E-state index contributed by atoms with van der Waals surface area (Å²) >= 11 is 0. The molecule has 102 valence electrons. The number of halogens is 1. The fraction of sp³-hybridized carbons (Fsp3) is 0.875. The van der Waals surface area contributed by atoms with Gasteiger partial charge in [-0.25, -0.2) is 4.39 Å². The van der Waals surface area contributed by atoms with Crippen LogP contribution in [0.15, 0.2) is 12.2 Å². The van der Waals surface area contributed by atoms with E-state index in [1.165, 1.54) is 0 Å². The molecule has 0 aliphatic rings. The Hall–Kier alpha value is -0.330. The van der Waals surface area contributed by atoms with Crippen molar-refractivity contribution in [3.63, 3.8) is 0 Å². The van der Waals surface area contributed by atoms with E-state index in [0.29, 0.717) is 5.92 Å². The summed E-state index contributed by atoms with van der Waals surface area (Å²) in [5, 5.41) is 0. The van der Waals surface area contributed by atoms with Gasteiger partial charge < -0.3 is 0 Å². The maximum absolute atomic E-state index is 14.4. The van der Waals surface area contributed by atoms with E-state index in [0.717, 1.165) is 25.7 Å². The van der Waals surface area contributed by atoms with E-state index in [-0.39, 0.29) is 11.3 Å². The van der Waals surface area contributed by atoms with Crippen molar-refractivity contribution in [2.75, 3.05) is 0 Å². The molecule has 0 heterocycles. The van der Waals surface area contributed by atoms with Gasteiger partial charge in [-0.1, -0.05) is 66.5 Å². The molecule has 0 fully saturated rings. The fourth-order valence-electron chi connectivity index (χ4n) is 1.95. The minimum Gasteiger partial charge on any atom is -0.247 e. The molecule has 0 aromatic rings. The highest BCUT2D eigenvalue weighted by atomic mass is 19.1. The summed E-state index contributed by atoms with van der Waals surface area (Å²) in [5.74, 6) is 0.787. The average molecular weight is 242 g/mol. The van der Waals surface area contributed by atoms with Crippen LogP contribution >= 0.6 is 0 Å². The third kappa shape index (κ3) is 5.70. The van der Waals surface area contributed by atoms with E-state index >= 15 is 0 Å². The molecule has 0 aromatic heterocycles. The lowest BCUT2D eigenvalue weighted by atomic mass is 9.76. The number of rotatable bonds is 8. The molecule has 0 N–H and O–H groups in total. The second-order valence-corrected chi connectivity index (χ2v) is 5.96. The Morgan fingerprint density at radius 3 is 2.12 bits per heavy atom. The zero-order chi connectivity index (χ0) is 13.5. The molecule has 0 nitrogen and oxygen atoms in total. The van der Waals surface area contributed by atoms with Crippen molar-refractivity contribution in [2.24, 2.45) is 17.3 Å². The third-order valence-corrected chi connectivity index (χ3v) is 4.14. The molecule has 0 saturated carbocycles. The van der Waals surface area contributed by atoms with E-state index in [1.807, 2.05) is 13.8 Å². The van der Waals surface area contributed by atoms with Gasteiger partial charge in [-0.3, -0.25) is 0 Å². The highest BCUT2D eigenvalue weighted by Crippen LogP contribution is 2.35. The summed E-state index contributed by atoms with van der Waals surface area (Å²) in [5.41, 5.74) is -0.190. The van der Waals surface area contributed by atoms with Gasteiger partial charge in [0.15, 0.2) is 0 Å². The van der Waals surface area contributed by atoms with Crippen LogP contribution in [0.3, 0.4) is 0 Å². The van der Waals surface area contributed by atoms with Crippen LogP contribution in [0, 0.1) is 17.3 Å². The molecule has 0 bridgehead atoms. The van der Waals surface area contributed by atoms with Crippen molar-refractivity contribution in [2.45, 2.75) is 73.4 Å².